The van der Waals surface area contributed by atoms with Crippen LogP contribution in [0.4, 0.5) is 15.8 Å². The molecule has 1 fully saturated rings. The second kappa shape index (κ2) is 11.1. The minimum atomic E-state index is -0.494. The topological polar surface area (TPSA) is 87.7 Å². The van der Waals surface area contributed by atoms with Gasteiger partial charge in [0, 0.05) is 30.0 Å². The zero-order valence-electron chi connectivity index (χ0n) is 18.0. The quantitative estimate of drug-likeness (QED) is 0.663. The maximum absolute atomic E-state index is 13.0. The number of hydrogen-bond donors (Lipinski definition) is 2. The van der Waals surface area contributed by atoms with Crippen LogP contribution in [0, 0.1) is 12.7 Å². The first-order valence-electron chi connectivity index (χ1n) is 10.3. The molecule has 2 aromatic carbocycles. The van der Waals surface area contributed by atoms with Crippen molar-refractivity contribution in [3.8, 4) is 0 Å². The fraction of sp³-hybridized carbons (Fsp3) is 0.348. The number of morpholine rings is 1. The summed E-state index contributed by atoms with van der Waals surface area (Å²) in [5.74, 6) is -0.935. The van der Waals surface area contributed by atoms with Gasteiger partial charge >= 0.3 is 0 Å². The number of amides is 3. The monoisotopic (exact) mass is 459 g/mol. The number of carbonyl (C=O) groups is 3. The standard InChI is InChI=1S/C23H26FN3O4S/c1-15-19(23(30)27-10-12-31-13-11-27)4-3-5-20(15)26-22(29)16(2)32-14-21(28)25-18-8-6-17(24)7-9-18/h3-9,16H,10-14H2,1-2H3,(H,25,28)(H,26,29). The van der Waals surface area contributed by atoms with Crippen molar-refractivity contribution in [3.05, 3.63) is 59.4 Å². The van der Waals surface area contributed by atoms with Crippen LogP contribution in [0.5, 0.6) is 0 Å². The van der Waals surface area contributed by atoms with Crippen LogP contribution >= 0.6 is 11.8 Å². The van der Waals surface area contributed by atoms with Crippen molar-refractivity contribution in [2.75, 3.05) is 42.7 Å². The highest BCUT2D eigenvalue weighted by Crippen LogP contribution is 2.22. The highest BCUT2D eigenvalue weighted by atomic mass is 32.2. The summed E-state index contributed by atoms with van der Waals surface area (Å²) in [5, 5.41) is 5.03. The van der Waals surface area contributed by atoms with Crippen LogP contribution < -0.4 is 10.6 Å². The first-order chi connectivity index (χ1) is 15.3. The van der Waals surface area contributed by atoms with Crippen molar-refractivity contribution < 1.29 is 23.5 Å². The molecule has 7 nitrogen and oxygen atoms in total. The molecule has 1 aliphatic heterocycles. The first kappa shape index (κ1) is 23.7. The summed E-state index contributed by atoms with van der Waals surface area (Å²) in [6.45, 7) is 5.64. The largest absolute Gasteiger partial charge is 0.378 e. The number of ether oxygens (including phenoxy) is 1. The molecule has 0 aromatic heterocycles. The Labute approximate surface area is 190 Å². The van der Waals surface area contributed by atoms with E-state index in [1.807, 2.05) is 0 Å². The Morgan fingerprint density at radius 3 is 2.47 bits per heavy atom. The fourth-order valence-electron chi connectivity index (χ4n) is 3.18. The van der Waals surface area contributed by atoms with Crippen LogP contribution in [0.15, 0.2) is 42.5 Å². The Kier molecular flexibility index (Phi) is 8.24. The number of halogens is 1. The number of thioether (sulfide) groups is 1. The molecule has 0 aliphatic carbocycles. The van der Waals surface area contributed by atoms with E-state index in [2.05, 4.69) is 10.6 Å². The highest BCUT2D eigenvalue weighted by Gasteiger charge is 2.22. The van der Waals surface area contributed by atoms with E-state index in [1.165, 1.54) is 36.0 Å². The molecule has 1 atom stereocenters. The van der Waals surface area contributed by atoms with E-state index < -0.39 is 5.25 Å². The highest BCUT2D eigenvalue weighted by molar-refractivity contribution is 8.01. The molecule has 3 rings (SSSR count). The lowest BCUT2D eigenvalue weighted by Gasteiger charge is -2.27. The number of nitrogens with one attached hydrogen (secondary N) is 2. The van der Waals surface area contributed by atoms with E-state index in [1.54, 1.807) is 36.9 Å². The van der Waals surface area contributed by atoms with Gasteiger partial charge in [-0.25, -0.2) is 4.39 Å². The Balaban J connectivity index is 1.54. The van der Waals surface area contributed by atoms with Crippen molar-refractivity contribution in [1.29, 1.82) is 0 Å². The van der Waals surface area contributed by atoms with Crippen LogP contribution in [0.25, 0.3) is 0 Å². The summed E-state index contributed by atoms with van der Waals surface area (Å²) in [6.07, 6.45) is 0. The van der Waals surface area contributed by atoms with Gasteiger partial charge in [0.1, 0.15) is 5.82 Å². The molecule has 32 heavy (non-hydrogen) atoms. The lowest BCUT2D eigenvalue weighted by Crippen LogP contribution is -2.41. The van der Waals surface area contributed by atoms with Gasteiger partial charge in [-0.15, -0.1) is 11.8 Å². The maximum Gasteiger partial charge on any atom is 0.254 e. The Bertz CT molecular complexity index is 978. The third-order valence-electron chi connectivity index (χ3n) is 5.08. The van der Waals surface area contributed by atoms with Crippen LogP contribution in [-0.2, 0) is 14.3 Å². The Morgan fingerprint density at radius 1 is 1.09 bits per heavy atom. The van der Waals surface area contributed by atoms with Crippen molar-refractivity contribution in [1.82, 2.24) is 4.90 Å². The van der Waals surface area contributed by atoms with E-state index in [0.717, 1.165) is 0 Å². The number of rotatable bonds is 7. The van der Waals surface area contributed by atoms with Crippen LogP contribution in [-0.4, -0.2) is 59.9 Å². The molecule has 9 heteroatoms. The van der Waals surface area contributed by atoms with Gasteiger partial charge in [-0.05, 0) is 55.8 Å². The molecular weight excluding hydrogens is 433 g/mol. The number of anilines is 2. The van der Waals surface area contributed by atoms with Gasteiger partial charge in [0.2, 0.25) is 11.8 Å². The number of carbonyl (C=O) groups excluding carboxylic acids is 3. The van der Waals surface area contributed by atoms with Gasteiger partial charge in [-0.3, -0.25) is 14.4 Å². The van der Waals surface area contributed by atoms with Crippen molar-refractivity contribution in [2.45, 2.75) is 19.1 Å². The second-order valence-corrected chi connectivity index (χ2v) is 8.71. The van der Waals surface area contributed by atoms with Crippen LogP contribution in [0.1, 0.15) is 22.8 Å². The molecule has 1 heterocycles. The summed E-state index contributed by atoms with van der Waals surface area (Å²) in [6, 6.07) is 10.7. The molecule has 2 aromatic rings. The van der Waals surface area contributed by atoms with Gasteiger partial charge in [-0.1, -0.05) is 6.07 Å². The Morgan fingerprint density at radius 2 is 1.78 bits per heavy atom. The van der Waals surface area contributed by atoms with Crippen LogP contribution in [0.2, 0.25) is 0 Å². The van der Waals surface area contributed by atoms with Gasteiger partial charge in [0.15, 0.2) is 0 Å². The molecule has 1 unspecified atom stereocenters. The van der Waals surface area contributed by atoms with Gasteiger partial charge in [-0.2, -0.15) is 0 Å². The minimum absolute atomic E-state index is 0.0699. The number of benzene rings is 2. The molecule has 0 bridgehead atoms. The molecule has 0 spiro atoms. The zero-order chi connectivity index (χ0) is 23.1. The van der Waals surface area contributed by atoms with E-state index in [9.17, 15) is 18.8 Å². The minimum Gasteiger partial charge on any atom is -0.378 e. The molecule has 1 aliphatic rings. The van der Waals surface area contributed by atoms with Gasteiger partial charge < -0.3 is 20.3 Å². The number of hydrogen-bond acceptors (Lipinski definition) is 5. The molecule has 3 amide bonds. The lowest BCUT2D eigenvalue weighted by atomic mass is 10.0. The average molecular weight is 460 g/mol. The fourth-order valence-corrected chi connectivity index (χ4v) is 3.86. The second-order valence-electron chi connectivity index (χ2n) is 7.38. The third kappa shape index (κ3) is 6.30. The molecular formula is C23H26FN3O4S. The normalized spacial score (nSPS) is 14.5. The average Bonchev–Trinajstić information content (AvgIpc) is 2.80. The first-order valence-corrected chi connectivity index (χ1v) is 11.3. The summed E-state index contributed by atoms with van der Waals surface area (Å²) in [5.41, 5.74) is 2.30. The summed E-state index contributed by atoms with van der Waals surface area (Å²) in [7, 11) is 0. The molecule has 0 radical (unpaired) electrons. The lowest BCUT2D eigenvalue weighted by molar-refractivity contribution is -0.115. The summed E-state index contributed by atoms with van der Waals surface area (Å²) < 4.78 is 18.3. The van der Waals surface area contributed by atoms with E-state index in [0.29, 0.717) is 48.8 Å². The van der Waals surface area contributed by atoms with E-state index in [4.69, 9.17) is 4.74 Å². The van der Waals surface area contributed by atoms with Crippen molar-refractivity contribution >= 4 is 40.9 Å². The molecule has 2 N–H and O–H groups in total. The molecule has 0 saturated carbocycles. The van der Waals surface area contributed by atoms with E-state index in [-0.39, 0.29) is 29.3 Å². The Hall–Kier alpha value is -2.91. The summed E-state index contributed by atoms with van der Waals surface area (Å²) in [4.78, 5) is 39.3. The summed E-state index contributed by atoms with van der Waals surface area (Å²) >= 11 is 1.19. The predicted octanol–water partition coefficient (Wildman–Crippen LogP) is 3.31. The molecule has 1 saturated heterocycles. The van der Waals surface area contributed by atoms with Crippen molar-refractivity contribution in [2.24, 2.45) is 0 Å². The SMILES string of the molecule is Cc1c(NC(=O)C(C)SCC(=O)Nc2ccc(F)cc2)cccc1C(=O)N1CCOCC1. The predicted molar refractivity (Wildman–Crippen MR) is 123 cm³/mol. The van der Waals surface area contributed by atoms with Crippen LogP contribution in [0.3, 0.4) is 0 Å². The van der Waals surface area contributed by atoms with Gasteiger partial charge in [0.05, 0.1) is 24.2 Å². The van der Waals surface area contributed by atoms with Gasteiger partial charge in [0.25, 0.3) is 5.91 Å². The molecule has 170 valence electrons. The smallest absolute Gasteiger partial charge is 0.254 e. The van der Waals surface area contributed by atoms with Crippen molar-refractivity contribution in [3.63, 3.8) is 0 Å². The zero-order valence-corrected chi connectivity index (χ0v) is 18.8. The third-order valence-corrected chi connectivity index (χ3v) is 6.22. The maximum atomic E-state index is 13.0. The van der Waals surface area contributed by atoms with E-state index >= 15 is 0 Å². The number of nitrogens with zero attached hydrogens (tertiary/aromatic N) is 1.